The summed E-state index contributed by atoms with van der Waals surface area (Å²) in [5, 5.41) is 0. The molecule has 1 aliphatic carbocycles. The van der Waals surface area contributed by atoms with Gasteiger partial charge >= 0.3 is 0 Å². The second kappa shape index (κ2) is 4.60. The zero-order chi connectivity index (χ0) is 13.5. The number of benzene rings is 1. The number of aryl methyl sites for hydroxylation is 1. The first-order chi connectivity index (χ1) is 9.11. The summed E-state index contributed by atoms with van der Waals surface area (Å²) < 4.78 is 16.6. The van der Waals surface area contributed by atoms with Crippen LogP contribution in [0.1, 0.15) is 32.0 Å². The molecule has 0 unspecified atom stereocenters. The number of nitrogens with zero attached hydrogens (tertiary/aromatic N) is 2. The summed E-state index contributed by atoms with van der Waals surface area (Å²) in [5.41, 5.74) is 6.63. The Labute approximate surface area is 112 Å². The van der Waals surface area contributed by atoms with Crippen LogP contribution in [0, 0.1) is 0 Å². The van der Waals surface area contributed by atoms with Crippen molar-refractivity contribution in [2.24, 2.45) is 5.73 Å². The third-order valence-corrected chi connectivity index (χ3v) is 3.91. The summed E-state index contributed by atoms with van der Waals surface area (Å²) in [6, 6.07) is 8.04. The van der Waals surface area contributed by atoms with Crippen LogP contribution in [0.2, 0.25) is 0 Å². The quantitative estimate of drug-likeness (QED) is 0.919. The summed E-state index contributed by atoms with van der Waals surface area (Å²) in [5.74, 6) is 0.859. The van der Waals surface area contributed by atoms with E-state index in [0.717, 1.165) is 29.8 Å². The van der Waals surface area contributed by atoms with Crippen LogP contribution in [0.4, 0.5) is 4.39 Å². The lowest BCUT2D eigenvalue weighted by Crippen LogP contribution is -2.50. The fourth-order valence-electron chi connectivity index (χ4n) is 3.04. The minimum absolute atomic E-state index is 0.0222. The number of fused-ring (bicyclic) bond motifs is 1. The number of alkyl halides is 1. The van der Waals surface area contributed by atoms with Gasteiger partial charge in [-0.2, -0.15) is 0 Å². The second-order valence-corrected chi connectivity index (χ2v) is 5.66. The maximum Gasteiger partial charge on any atom is 0.121 e. The van der Waals surface area contributed by atoms with E-state index in [2.05, 4.69) is 22.5 Å². The van der Waals surface area contributed by atoms with Gasteiger partial charge in [0.25, 0.3) is 0 Å². The molecule has 3 nitrogen and oxygen atoms in total. The molecule has 2 aromatic rings. The highest BCUT2D eigenvalue weighted by molar-refractivity contribution is 5.75. The smallest absolute Gasteiger partial charge is 0.121 e. The normalized spacial score (nSPS) is 26.6. The van der Waals surface area contributed by atoms with Gasteiger partial charge in [0.2, 0.25) is 0 Å². The average Bonchev–Trinajstić information content (AvgIpc) is 2.66. The number of nitrogens with two attached hydrogens (primary N) is 1. The Morgan fingerprint density at radius 3 is 2.84 bits per heavy atom. The molecule has 0 amide bonds. The van der Waals surface area contributed by atoms with Crippen molar-refractivity contribution in [1.29, 1.82) is 0 Å². The van der Waals surface area contributed by atoms with E-state index in [9.17, 15) is 4.39 Å². The molecule has 2 N–H and O–H groups in total. The molecule has 1 aromatic carbocycles. The molecule has 0 atom stereocenters. The number of para-hydroxylation sites is 2. The molecule has 0 saturated heterocycles. The lowest BCUT2D eigenvalue weighted by Gasteiger charge is -2.39. The first-order valence-corrected chi connectivity index (χ1v) is 7.00. The largest absolute Gasteiger partial charge is 0.328 e. The lowest BCUT2D eigenvalue weighted by atomic mass is 9.75. The molecule has 0 bridgehead atoms. The molecule has 1 heterocycles. The Balaban J connectivity index is 1.95. The highest BCUT2D eigenvalue weighted by atomic mass is 19.1. The number of aromatic nitrogens is 2. The van der Waals surface area contributed by atoms with Gasteiger partial charge in [0.1, 0.15) is 11.5 Å². The monoisotopic (exact) mass is 261 g/mol. The van der Waals surface area contributed by atoms with Gasteiger partial charge in [0.15, 0.2) is 0 Å². The number of hydrogen-bond acceptors (Lipinski definition) is 2. The maximum atomic E-state index is 14.5. The zero-order valence-electron chi connectivity index (χ0n) is 11.3. The Hall–Kier alpha value is -1.42. The van der Waals surface area contributed by atoms with Gasteiger partial charge in [-0.05, 0) is 31.4 Å². The average molecular weight is 261 g/mol. The van der Waals surface area contributed by atoms with E-state index in [1.54, 1.807) is 0 Å². The summed E-state index contributed by atoms with van der Waals surface area (Å²) in [6.45, 7) is 3.01. The van der Waals surface area contributed by atoms with Gasteiger partial charge < -0.3 is 10.3 Å². The molecule has 1 saturated carbocycles. The molecule has 4 heteroatoms. The molecule has 1 fully saturated rings. The van der Waals surface area contributed by atoms with Crippen molar-refractivity contribution in [2.45, 2.75) is 50.9 Å². The number of halogens is 1. The van der Waals surface area contributed by atoms with E-state index >= 15 is 0 Å². The standard InChI is InChI=1S/C15H20FN3/c1-2-7-19-13-6-4-3-5-12(13)18-14(19)10-15(16)8-11(17)9-15/h3-6,11H,2,7-10,17H2,1H3. The molecule has 1 aromatic heterocycles. The van der Waals surface area contributed by atoms with Crippen molar-refractivity contribution >= 4 is 11.0 Å². The van der Waals surface area contributed by atoms with Crippen LogP contribution < -0.4 is 5.73 Å². The van der Waals surface area contributed by atoms with Gasteiger partial charge in [0.05, 0.1) is 11.0 Å². The van der Waals surface area contributed by atoms with E-state index in [-0.39, 0.29) is 6.04 Å². The Bertz CT molecular complexity index is 584. The second-order valence-electron chi connectivity index (χ2n) is 5.66. The van der Waals surface area contributed by atoms with E-state index in [1.165, 1.54) is 0 Å². The van der Waals surface area contributed by atoms with Crippen LogP contribution in [-0.4, -0.2) is 21.3 Å². The fourth-order valence-corrected chi connectivity index (χ4v) is 3.04. The third kappa shape index (κ3) is 2.25. The first kappa shape index (κ1) is 12.6. The van der Waals surface area contributed by atoms with E-state index in [4.69, 9.17) is 5.73 Å². The van der Waals surface area contributed by atoms with Crippen LogP contribution >= 0.6 is 0 Å². The van der Waals surface area contributed by atoms with Crippen LogP contribution in [0.25, 0.3) is 11.0 Å². The highest BCUT2D eigenvalue weighted by Gasteiger charge is 2.44. The van der Waals surface area contributed by atoms with Crippen molar-refractivity contribution in [2.75, 3.05) is 0 Å². The van der Waals surface area contributed by atoms with Crippen molar-refractivity contribution in [1.82, 2.24) is 9.55 Å². The zero-order valence-corrected chi connectivity index (χ0v) is 11.3. The Morgan fingerprint density at radius 2 is 2.16 bits per heavy atom. The van der Waals surface area contributed by atoms with Crippen LogP contribution in [0.5, 0.6) is 0 Å². The van der Waals surface area contributed by atoms with Gasteiger partial charge in [-0.25, -0.2) is 9.37 Å². The fraction of sp³-hybridized carbons (Fsp3) is 0.533. The number of hydrogen-bond donors (Lipinski definition) is 1. The summed E-state index contributed by atoms with van der Waals surface area (Å²) in [7, 11) is 0. The predicted molar refractivity (Wildman–Crippen MR) is 74.8 cm³/mol. The summed E-state index contributed by atoms with van der Waals surface area (Å²) >= 11 is 0. The molecule has 0 radical (unpaired) electrons. The van der Waals surface area contributed by atoms with Gasteiger partial charge in [-0.15, -0.1) is 0 Å². The molecule has 19 heavy (non-hydrogen) atoms. The van der Waals surface area contributed by atoms with Crippen LogP contribution in [-0.2, 0) is 13.0 Å². The van der Waals surface area contributed by atoms with Gasteiger partial charge in [-0.1, -0.05) is 19.1 Å². The van der Waals surface area contributed by atoms with E-state index in [0.29, 0.717) is 19.3 Å². The Morgan fingerprint density at radius 1 is 1.42 bits per heavy atom. The first-order valence-electron chi connectivity index (χ1n) is 7.00. The number of rotatable bonds is 4. The number of imidazole rings is 1. The van der Waals surface area contributed by atoms with Crippen molar-refractivity contribution in [3.8, 4) is 0 Å². The predicted octanol–water partition coefficient (Wildman–Crippen LogP) is 2.82. The molecule has 0 aliphatic heterocycles. The van der Waals surface area contributed by atoms with Crippen LogP contribution in [0.3, 0.4) is 0 Å². The van der Waals surface area contributed by atoms with Crippen molar-refractivity contribution < 1.29 is 4.39 Å². The van der Waals surface area contributed by atoms with Gasteiger partial charge in [0, 0.05) is 19.0 Å². The SMILES string of the molecule is CCCn1c(CC2(F)CC(N)C2)nc2ccccc21. The summed E-state index contributed by atoms with van der Waals surface area (Å²) in [6.07, 6.45) is 2.33. The molecular weight excluding hydrogens is 241 g/mol. The van der Waals surface area contributed by atoms with Gasteiger partial charge in [-0.3, -0.25) is 0 Å². The molecular formula is C15H20FN3. The van der Waals surface area contributed by atoms with Crippen molar-refractivity contribution in [3.05, 3.63) is 30.1 Å². The molecule has 3 rings (SSSR count). The van der Waals surface area contributed by atoms with Crippen LogP contribution in [0.15, 0.2) is 24.3 Å². The molecule has 0 spiro atoms. The third-order valence-electron chi connectivity index (χ3n) is 3.91. The summed E-state index contributed by atoms with van der Waals surface area (Å²) in [4.78, 5) is 4.61. The van der Waals surface area contributed by atoms with E-state index in [1.807, 2.05) is 18.2 Å². The minimum atomic E-state index is -1.15. The molecule has 1 aliphatic rings. The molecule has 102 valence electrons. The maximum absolute atomic E-state index is 14.5. The minimum Gasteiger partial charge on any atom is -0.328 e. The van der Waals surface area contributed by atoms with E-state index < -0.39 is 5.67 Å². The highest BCUT2D eigenvalue weighted by Crippen LogP contribution is 2.38. The van der Waals surface area contributed by atoms with Crippen molar-refractivity contribution in [3.63, 3.8) is 0 Å². The Kier molecular flexibility index (Phi) is 3.05. The lowest BCUT2D eigenvalue weighted by molar-refractivity contribution is 0.0417. The topological polar surface area (TPSA) is 43.8 Å².